The van der Waals surface area contributed by atoms with E-state index in [9.17, 15) is 4.39 Å². The van der Waals surface area contributed by atoms with Crippen LogP contribution in [0.3, 0.4) is 0 Å². The van der Waals surface area contributed by atoms with Crippen molar-refractivity contribution in [2.45, 2.75) is 25.8 Å². The molecule has 0 unspecified atom stereocenters. The third-order valence-electron chi connectivity index (χ3n) is 3.60. The highest BCUT2D eigenvalue weighted by atomic mass is 19.1. The number of H-pyrrole nitrogens is 1. The quantitative estimate of drug-likeness (QED) is 0.841. The van der Waals surface area contributed by atoms with E-state index in [4.69, 9.17) is 0 Å². The number of likely N-dealkylation sites (N-methyl/N-ethyl adjacent to an activating group) is 1. The van der Waals surface area contributed by atoms with Gasteiger partial charge >= 0.3 is 0 Å². The average molecular weight is 262 g/mol. The molecule has 102 valence electrons. The van der Waals surface area contributed by atoms with Gasteiger partial charge in [-0.1, -0.05) is 6.92 Å². The maximum Gasteiger partial charge on any atom is 0.201 e. The largest absolute Gasteiger partial charge is 0.355 e. The van der Waals surface area contributed by atoms with Crippen molar-refractivity contribution in [2.75, 3.05) is 25.0 Å². The van der Waals surface area contributed by atoms with E-state index in [-0.39, 0.29) is 5.82 Å². The lowest BCUT2D eigenvalue weighted by Gasteiger charge is -2.19. The summed E-state index contributed by atoms with van der Waals surface area (Å²) in [5.41, 5.74) is 1.52. The Kier molecular flexibility index (Phi) is 3.38. The number of nitrogens with zero attached hydrogens (tertiary/aromatic N) is 2. The molecule has 0 aliphatic heterocycles. The maximum absolute atomic E-state index is 13.1. The highest BCUT2D eigenvalue weighted by Gasteiger charge is 2.27. The van der Waals surface area contributed by atoms with Gasteiger partial charge in [0, 0.05) is 19.1 Å². The third kappa shape index (κ3) is 2.87. The van der Waals surface area contributed by atoms with Gasteiger partial charge in [0.05, 0.1) is 11.0 Å². The monoisotopic (exact) mass is 262 g/mol. The minimum atomic E-state index is -0.242. The van der Waals surface area contributed by atoms with Crippen molar-refractivity contribution < 1.29 is 4.39 Å². The third-order valence-corrected chi connectivity index (χ3v) is 3.60. The van der Waals surface area contributed by atoms with Crippen LogP contribution < -0.4 is 5.32 Å². The molecule has 1 aromatic carbocycles. The van der Waals surface area contributed by atoms with Crippen LogP contribution in [0, 0.1) is 5.82 Å². The average Bonchev–Trinajstić information content (AvgIpc) is 3.15. The van der Waals surface area contributed by atoms with Crippen LogP contribution in [0.15, 0.2) is 18.2 Å². The van der Waals surface area contributed by atoms with Crippen molar-refractivity contribution in [1.82, 2.24) is 14.9 Å². The molecule has 0 amide bonds. The first kappa shape index (κ1) is 12.4. The smallest absolute Gasteiger partial charge is 0.201 e. The fourth-order valence-electron chi connectivity index (χ4n) is 2.42. The van der Waals surface area contributed by atoms with Crippen molar-refractivity contribution in [2.24, 2.45) is 0 Å². The second-order valence-corrected chi connectivity index (χ2v) is 5.03. The van der Waals surface area contributed by atoms with Gasteiger partial charge in [0.2, 0.25) is 5.95 Å². The highest BCUT2D eigenvalue weighted by Crippen LogP contribution is 2.26. The number of nitrogens with one attached hydrogen (secondary N) is 2. The molecule has 1 aromatic heterocycles. The van der Waals surface area contributed by atoms with Gasteiger partial charge in [-0.2, -0.15) is 0 Å². The first-order valence-electron chi connectivity index (χ1n) is 6.89. The molecule has 0 saturated heterocycles. The Bertz CT molecular complexity index is 562. The summed E-state index contributed by atoms with van der Waals surface area (Å²) in [5, 5.41) is 3.27. The van der Waals surface area contributed by atoms with Gasteiger partial charge in [-0.05, 0) is 37.6 Å². The van der Waals surface area contributed by atoms with Crippen molar-refractivity contribution >= 4 is 17.0 Å². The lowest BCUT2D eigenvalue weighted by atomic mass is 10.3. The Morgan fingerprint density at radius 3 is 3.05 bits per heavy atom. The Morgan fingerprint density at radius 1 is 1.47 bits per heavy atom. The van der Waals surface area contributed by atoms with Crippen molar-refractivity contribution in [1.29, 1.82) is 0 Å². The van der Waals surface area contributed by atoms with Gasteiger partial charge in [-0.3, -0.25) is 4.90 Å². The molecule has 3 rings (SSSR count). The number of imidazole rings is 1. The van der Waals surface area contributed by atoms with Crippen LogP contribution in [-0.2, 0) is 0 Å². The van der Waals surface area contributed by atoms with E-state index < -0.39 is 0 Å². The van der Waals surface area contributed by atoms with Gasteiger partial charge in [0.1, 0.15) is 5.82 Å². The second-order valence-electron chi connectivity index (χ2n) is 5.03. The zero-order chi connectivity index (χ0) is 13.2. The first-order chi connectivity index (χ1) is 9.26. The molecule has 1 heterocycles. The lowest BCUT2D eigenvalue weighted by molar-refractivity contribution is 0.289. The Balaban J connectivity index is 1.58. The molecular formula is C14H19FN4. The van der Waals surface area contributed by atoms with Gasteiger partial charge < -0.3 is 10.3 Å². The number of benzene rings is 1. The lowest BCUT2D eigenvalue weighted by Crippen LogP contribution is -2.31. The molecule has 1 fully saturated rings. The topological polar surface area (TPSA) is 44.0 Å². The molecular weight excluding hydrogens is 243 g/mol. The number of aromatic nitrogens is 2. The van der Waals surface area contributed by atoms with Crippen LogP contribution in [0.25, 0.3) is 11.0 Å². The molecule has 0 spiro atoms. The summed E-state index contributed by atoms with van der Waals surface area (Å²) < 4.78 is 13.1. The molecule has 1 aliphatic rings. The fraction of sp³-hybridized carbons (Fsp3) is 0.500. The summed E-state index contributed by atoms with van der Waals surface area (Å²) in [5.74, 6) is 0.473. The van der Waals surface area contributed by atoms with Crippen LogP contribution in [0.4, 0.5) is 10.3 Å². The predicted molar refractivity (Wildman–Crippen MR) is 74.8 cm³/mol. The Morgan fingerprint density at radius 2 is 2.32 bits per heavy atom. The molecule has 19 heavy (non-hydrogen) atoms. The number of hydrogen-bond acceptors (Lipinski definition) is 3. The molecule has 2 aromatic rings. The molecule has 1 saturated carbocycles. The van der Waals surface area contributed by atoms with E-state index in [1.807, 2.05) is 0 Å². The number of rotatable bonds is 6. The molecule has 0 bridgehead atoms. The zero-order valence-corrected chi connectivity index (χ0v) is 11.1. The Hall–Kier alpha value is -1.62. The highest BCUT2D eigenvalue weighted by molar-refractivity contribution is 5.77. The second kappa shape index (κ2) is 5.17. The van der Waals surface area contributed by atoms with Crippen LogP contribution in [0.1, 0.15) is 19.8 Å². The normalized spacial score (nSPS) is 15.3. The SMILES string of the molecule is CCN(CCNc1nc2ccc(F)cc2[nH]1)C1CC1. The van der Waals surface area contributed by atoms with E-state index in [0.717, 1.165) is 36.7 Å². The van der Waals surface area contributed by atoms with Crippen molar-refractivity contribution in [3.05, 3.63) is 24.0 Å². The molecule has 1 aliphatic carbocycles. The minimum absolute atomic E-state index is 0.242. The summed E-state index contributed by atoms with van der Waals surface area (Å²) >= 11 is 0. The number of anilines is 1. The standard InChI is InChI=1S/C14H19FN4/c1-2-19(11-4-5-11)8-7-16-14-17-12-6-3-10(15)9-13(12)18-14/h3,6,9,11H,2,4-5,7-8H2,1H3,(H2,16,17,18). The van der Waals surface area contributed by atoms with Gasteiger partial charge in [0.15, 0.2) is 0 Å². The van der Waals surface area contributed by atoms with Crippen molar-refractivity contribution in [3.8, 4) is 0 Å². The van der Waals surface area contributed by atoms with Crippen molar-refractivity contribution in [3.63, 3.8) is 0 Å². The molecule has 4 nitrogen and oxygen atoms in total. The van der Waals surface area contributed by atoms with Crippen LogP contribution in [-0.4, -0.2) is 40.5 Å². The fourth-order valence-corrected chi connectivity index (χ4v) is 2.42. The summed E-state index contributed by atoms with van der Waals surface area (Å²) in [6.45, 7) is 5.17. The summed E-state index contributed by atoms with van der Waals surface area (Å²) in [4.78, 5) is 9.96. The number of aromatic amines is 1. The summed E-state index contributed by atoms with van der Waals surface area (Å²) in [6.07, 6.45) is 2.66. The summed E-state index contributed by atoms with van der Waals surface area (Å²) in [7, 11) is 0. The molecule has 5 heteroatoms. The van der Waals surface area contributed by atoms with Gasteiger partial charge in [0.25, 0.3) is 0 Å². The van der Waals surface area contributed by atoms with E-state index >= 15 is 0 Å². The molecule has 0 atom stereocenters. The number of hydrogen-bond donors (Lipinski definition) is 2. The van der Waals surface area contributed by atoms with Crippen LogP contribution in [0.2, 0.25) is 0 Å². The van der Waals surface area contributed by atoms with Gasteiger partial charge in [-0.25, -0.2) is 9.37 Å². The summed E-state index contributed by atoms with van der Waals surface area (Å²) in [6, 6.07) is 5.38. The van der Waals surface area contributed by atoms with Crippen LogP contribution in [0.5, 0.6) is 0 Å². The molecule has 2 N–H and O–H groups in total. The predicted octanol–water partition coefficient (Wildman–Crippen LogP) is 2.60. The Labute approximate surface area is 112 Å². The van der Waals surface area contributed by atoms with E-state index in [0.29, 0.717) is 5.95 Å². The van der Waals surface area contributed by atoms with E-state index in [1.165, 1.54) is 25.0 Å². The minimum Gasteiger partial charge on any atom is -0.355 e. The molecule has 0 radical (unpaired) electrons. The van der Waals surface area contributed by atoms with Crippen LogP contribution >= 0.6 is 0 Å². The van der Waals surface area contributed by atoms with E-state index in [2.05, 4.69) is 27.1 Å². The zero-order valence-electron chi connectivity index (χ0n) is 11.1. The first-order valence-corrected chi connectivity index (χ1v) is 6.89. The maximum atomic E-state index is 13.1. The number of halogens is 1. The van der Waals surface area contributed by atoms with Gasteiger partial charge in [-0.15, -0.1) is 0 Å². The van der Waals surface area contributed by atoms with E-state index in [1.54, 1.807) is 6.07 Å². The number of fused-ring (bicyclic) bond motifs is 1.